The molecule has 13 heteroatoms. The van der Waals surface area contributed by atoms with Crippen molar-refractivity contribution in [2.75, 3.05) is 17.8 Å². The van der Waals surface area contributed by atoms with E-state index in [4.69, 9.17) is 10.8 Å². The van der Waals surface area contributed by atoms with E-state index in [2.05, 4.69) is 28.6 Å². The van der Waals surface area contributed by atoms with Crippen LogP contribution in [0.1, 0.15) is 33.1 Å². The summed E-state index contributed by atoms with van der Waals surface area (Å²) in [6.07, 6.45) is 1.92. The molecule has 0 heterocycles. The molecule has 0 radical (unpaired) electrons. The van der Waals surface area contributed by atoms with Gasteiger partial charge >= 0.3 is 11.9 Å². The quantitative estimate of drug-likeness (QED) is 0.145. The molecule has 0 saturated heterocycles. The zero-order valence-electron chi connectivity index (χ0n) is 17.8. The van der Waals surface area contributed by atoms with Gasteiger partial charge in [-0.25, -0.2) is 4.79 Å². The predicted molar refractivity (Wildman–Crippen MR) is 120 cm³/mol. The Morgan fingerprint density at radius 2 is 1.58 bits per heavy atom. The summed E-state index contributed by atoms with van der Waals surface area (Å²) in [6, 6.07) is -4.66. The molecule has 0 spiro atoms. The average Bonchev–Trinajstić information content (AvgIpc) is 2.71. The number of rotatable bonds is 15. The summed E-state index contributed by atoms with van der Waals surface area (Å²) in [4.78, 5) is 59.5. The van der Waals surface area contributed by atoms with Gasteiger partial charge in [-0.05, 0) is 24.3 Å². The molecule has 0 aromatic heterocycles. The van der Waals surface area contributed by atoms with E-state index in [1.807, 2.05) is 6.26 Å². The highest BCUT2D eigenvalue weighted by atomic mass is 32.2. The minimum absolute atomic E-state index is 0.105. The van der Waals surface area contributed by atoms with E-state index >= 15 is 0 Å². The Balaban J connectivity index is 5.26. The Labute approximate surface area is 191 Å². The van der Waals surface area contributed by atoms with Crippen LogP contribution < -0.4 is 21.7 Å². The first kappa shape index (κ1) is 29.0. The summed E-state index contributed by atoms with van der Waals surface area (Å²) in [5, 5.41) is 25.3. The number of hydrogen-bond donors (Lipinski definition) is 7. The molecule has 0 saturated carbocycles. The van der Waals surface area contributed by atoms with Gasteiger partial charge in [0.25, 0.3) is 0 Å². The van der Waals surface area contributed by atoms with Gasteiger partial charge in [-0.1, -0.05) is 20.3 Å². The summed E-state index contributed by atoms with van der Waals surface area (Å²) in [6.45, 7) is 3.49. The van der Waals surface area contributed by atoms with Gasteiger partial charge in [0, 0.05) is 5.75 Å². The van der Waals surface area contributed by atoms with E-state index in [-0.39, 0.29) is 18.1 Å². The Morgan fingerprint density at radius 3 is 2.03 bits per heavy atom. The summed E-state index contributed by atoms with van der Waals surface area (Å²) in [5.41, 5.74) is 5.55. The van der Waals surface area contributed by atoms with Gasteiger partial charge in [0.05, 0.1) is 12.5 Å². The predicted octanol–water partition coefficient (Wildman–Crippen LogP) is -0.944. The maximum Gasteiger partial charge on any atom is 0.326 e. The zero-order valence-corrected chi connectivity index (χ0v) is 19.5. The number of aliphatic carboxylic acids is 2. The first-order valence-electron chi connectivity index (χ1n) is 9.69. The molecule has 0 bridgehead atoms. The molecule has 0 rings (SSSR count). The standard InChI is InChI=1S/C18H32N4O7S2/c1-4-9(2)14(22-15(25)10(19)7-13(23)24)17(27)21-12(8-30)16(26)20-11(18(28)29)5-6-31-3/h9-12,14,30H,4-8,19H2,1-3H3,(H,20,26)(H,21,27)(H,22,25)(H,23,24)(H,28,29). The van der Waals surface area contributed by atoms with Crippen LogP contribution in [0, 0.1) is 5.92 Å². The minimum atomic E-state index is -1.34. The van der Waals surface area contributed by atoms with Crippen LogP contribution in [-0.2, 0) is 24.0 Å². The lowest BCUT2D eigenvalue weighted by atomic mass is 9.97. The highest BCUT2D eigenvalue weighted by Gasteiger charge is 2.32. The Kier molecular flexibility index (Phi) is 14.0. The second-order valence-electron chi connectivity index (χ2n) is 7.00. The molecule has 0 fully saturated rings. The molecule has 0 aliphatic rings. The number of amides is 3. The van der Waals surface area contributed by atoms with E-state index in [9.17, 15) is 29.1 Å². The monoisotopic (exact) mass is 480 g/mol. The van der Waals surface area contributed by atoms with Crippen molar-refractivity contribution in [2.45, 2.75) is 57.3 Å². The van der Waals surface area contributed by atoms with Crippen LogP contribution >= 0.6 is 24.4 Å². The second kappa shape index (κ2) is 14.9. The summed E-state index contributed by atoms with van der Waals surface area (Å²) in [5.74, 6) is -4.59. The van der Waals surface area contributed by atoms with Crippen LogP contribution in [-0.4, -0.2) is 81.8 Å². The molecule has 178 valence electrons. The van der Waals surface area contributed by atoms with Crippen molar-refractivity contribution in [1.82, 2.24) is 16.0 Å². The number of thiol groups is 1. The Morgan fingerprint density at radius 1 is 1.00 bits per heavy atom. The highest BCUT2D eigenvalue weighted by molar-refractivity contribution is 7.98. The fraction of sp³-hybridized carbons (Fsp3) is 0.722. The highest BCUT2D eigenvalue weighted by Crippen LogP contribution is 2.10. The van der Waals surface area contributed by atoms with Gasteiger partial charge in [0.2, 0.25) is 17.7 Å². The molecule has 7 N–H and O–H groups in total. The summed E-state index contributed by atoms with van der Waals surface area (Å²) in [7, 11) is 0. The molecule has 11 nitrogen and oxygen atoms in total. The molecule has 31 heavy (non-hydrogen) atoms. The maximum atomic E-state index is 12.8. The van der Waals surface area contributed by atoms with E-state index in [0.29, 0.717) is 12.2 Å². The lowest BCUT2D eigenvalue weighted by Crippen LogP contribution is -2.59. The van der Waals surface area contributed by atoms with Crippen molar-refractivity contribution in [1.29, 1.82) is 0 Å². The van der Waals surface area contributed by atoms with Gasteiger partial charge in [0.15, 0.2) is 0 Å². The van der Waals surface area contributed by atoms with Gasteiger partial charge in [-0.2, -0.15) is 24.4 Å². The van der Waals surface area contributed by atoms with Crippen molar-refractivity contribution < 1.29 is 34.2 Å². The third-order valence-corrected chi connectivity index (χ3v) is 5.57. The molecule has 0 aliphatic carbocycles. The lowest BCUT2D eigenvalue weighted by Gasteiger charge is -2.27. The smallest absolute Gasteiger partial charge is 0.326 e. The first-order chi connectivity index (χ1) is 14.5. The topological polar surface area (TPSA) is 188 Å². The molecule has 5 atom stereocenters. The van der Waals surface area contributed by atoms with Crippen molar-refractivity contribution in [3.8, 4) is 0 Å². The minimum Gasteiger partial charge on any atom is -0.481 e. The van der Waals surface area contributed by atoms with Crippen LogP contribution in [0.3, 0.4) is 0 Å². The first-order valence-corrected chi connectivity index (χ1v) is 11.7. The second-order valence-corrected chi connectivity index (χ2v) is 8.35. The van der Waals surface area contributed by atoms with Crippen molar-refractivity contribution in [3.05, 3.63) is 0 Å². The van der Waals surface area contributed by atoms with Crippen LogP contribution in [0.15, 0.2) is 0 Å². The average molecular weight is 481 g/mol. The largest absolute Gasteiger partial charge is 0.481 e. The fourth-order valence-electron chi connectivity index (χ4n) is 2.46. The van der Waals surface area contributed by atoms with Crippen LogP contribution in [0.4, 0.5) is 0 Å². The van der Waals surface area contributed by atoms with Crippen LogP contribution in [0.2, 0.25) is 0 Å². The number of hydrogen-bond acceptors (Lipinski definition) is 8. The lowest BCUT2D eigenvalue weighted by molar-refractivity contribution is -0.142. The fourth-order valence-corrected chi connectivity index (χ4v) is 3.19. The van der Waals surface area contributed by atoms with E-state index in [1.165, 1.54) is 11.8 Å². The summed E-state index contributed by atoms with van der Waals surface area (Å²) < 4.78 is 0. The van der Waals surface area contributed by atoms with Crippen molar-refractivity contribution in [2.24, 2.45) is 11.7 Å². The van der Waals surface area contributed by atoms with Crippen molar-refractivity contribution in [3.63, 3.8) is 0 Å². The van der Waals surface area contributed by atoms with Crippen LogP contribution in [0.25, 0.3) is 0 Å². The number of nitrogens with one attached hydrogen (secondary N) is 3. The van der Waals surface area contributed by atoms with E-state index in [1.54, 1.807) is 13.8 Å². The Hall–Kier alpha value is -1.99. The number of thioether (sulfide) groups is 1. The molecular formula is C18H32N4O7S2. The van der Waals surface area contributed by atoms with Gasteiger partial charge < -0.3 is 31.9 Å². The number of carbonyl (C=O) groups excluding carboxylic acids is 3. The summed E-state index contributed by atoms with van der Waals surface area (Å²) >= 11 is 5.49. The van der Waals surface area contributed by atoms with Gasteiger partial charge in [-0.3, -0.25) is 19.2 Å². The van der Waals surface area contributed by atoms with Gasteiger partial charge in [0.1, 0.15) is 18.1 Å². The van der Waals surface area contributed by atoms with Gasteiger partial charge in [-0.15, -0.1) is 0 Å². The molecule has 0 aromatic carbocycles. The molecular weight excluding hydrogens is 448 g/mol. The van der Waals surface area contributed by atoms with Crippen molar-refractivity contribution >= 4 is 54.1 Å². The number of carboxylic acids is 2. The normalized spacial score (nSPS) is 15.6. The van der Waals surface area contributed by atoms with E-state index < -0.39 is 60.2 Å². The number of nitrogens with two attached hydrogens (primary N) is 1. The molecule has 0 aromatic rings. The SMILES string of the molecule is CCC(C)C(NC(=O)C(N)CC(=O)O)C(=O)NC(CS)C(=O)NC(CCSC)C(=O)O. The third-order valence-electron chi connectivity index (χ3n) is 4.57. The zero-order chi connectivity index (χ0) is 24.1. The number of carbonyl (C=O) groups is 5. The third kappa shape index (κ3) is 10.7. The number of carboxylic acid groups (broad SMARTS) is 2. The molecule has 5 unspecified atom stereocenters. The maximum absolute atomic E-state index is 12.8. The molecule has 0 aliphatic heterocycles. The van der Waals surface area contributed by atoms with E-state index in [0.717, 1.165) is 0 Å². The Bertz CT molecular complexity index is 650. The van der Waals surface area contributed by atoms with Crippen LogP contribution in [0.5, 0.6) is 0 Å². The molecule has 3 amide bonds.